The van der Waals surface area contributed by atoms with E-state index < -0.39 is 10.0 Å². The van der Waals surface area contributed by atoms with Crippen molar-refractivity contribution in [1.29, 1.82) is 0 Å². The molecule has 130 valence electrons. The van der Waals surface area contributed by atoms with Gasteiger partial charge in [0.05, 0.1) is 4.90 Å². The first-order valence-electron chi connectivity index (χ1n) is 8.06. The molecule has 0 heterocycles. The van der Waals surface area contributed by atoms with Crippen molar-refractivity contribution in [3.8, 4) is 0 Å². The molecule has 0 saturated carbocycles. The Labute approximate surface area is 139 Å². The van der Waals surface area contributed by atoms with Gasteiger partial charge < -0.3 is 5.32 Å². The molecule has 5 nitrogen and oxygen atoms in total. The van der Waals surface area contributed by atoms with Crippen LogP contribution in [0.3, 0.4) is 0 Å². The van der Waals surface area contributed by atoms with Crippen LogP contribution >= 0.6 is 0 Å². The number of rotatable bonds is 9. The Balaban J connectivity index is 2.44. The lowest BCUT2D eigenvalue weighted by atomic mass is 10.0. The molecule has 1 atom stereocenters. The predicted molar refractivity (Wildman–Crippen MR) is 92.7 cm³/mol. The number of sulfonamides is 1. The van der Waals surface area contributed by atoms with Crippen molar-refractivity contribution >= 4 is 15.9 Å². The normalized spacial score (nSPS) is 13.1. The number of hydrogen-bond donors (Lipinski definition) is 2. The van der Waals surface area contributed by atoms with Crippen LogP contribution in [0.15, 0.2) is 29.2 Å². The number of nitrogens with one attached hydrogen (secondary N) is 2. The summed E-state index contributed by atoms with van der Waals surface area (Å²) in [5.74, 6) is 0.676. The van der Waals surface area contributed by atoms with Crippen LogP contribution in [0, 0.1) is 5.92 Å². The van der Waals surface area contributed by atoms with Crippen molar-refractivity contribution in [3.63, 3.8) is 0 Å². The zero-order valence-corrected chi connectivity index (χ0v) is 15.2. The molecule has 1 aromatic rings. The third-order valence-electron chi connectivity index (χ3n) is 3.73. The lowest BCUT2D eigenvalue weighted by Gasteiger charge is -2.15. The number of hydrogen-bond acceptors (Lipinski definition) is 3. The topological polar surface area (TPSA) is 75.3 Å². The molecule has 0 aliphatic heterocycles. The second-order valence-corrected chi connectivity index (χ2v) is 8.18. The van der Waals surface area contributed by atoms with Crippen LogP contribution in [0.1, 0.15) is 45.6 Å². The van der Waals surface area contributed by atoms with Crippen molar-refractivity contribution in [2.75, 3.05) is 7.05 Å². The minimum absolute atomic E-state index is 0.0354. The van der Waals surface area contributed by atoms with Crippen LogP contribution in [0.5, 0.6) is 0 Å². The fourth-order valence-corrected chi connectivity index (χ4v) is 2.94. The average Bonchev–Trinajstić information content (AvgIpc) is 2.51. The van der Waals surface area contributed by atoms with E-state index in [1.165, 1.54) is 7.05 Å². The van der Waals surface area contributed by atoms with Crippen molar-refractivity contribution in [2.24, 2.45) is 5.92 Å². The molecule has 0 spiro atoms. The van der Waals surface area contributed by atoms with Gasteiger partial charge in [-0.3, -0.25) is 4.79 Å². The number of carbonyl (C=O) groups excluding carboxylic acids is 1. The molecular formula is C17H28N2O3S. The maximum absolute atomic E-state index is 11.9. The summed E-state index contributed by atoms with van der Waals surface area (Å²) in [6.07, 6.45) is 3.09. The molecule has 1 aromatic carbocycles. The minimum atomic E-state index is -3.40. The number of benzene rings is 1. The molecule has 0 bridgehead atoms. The van der Waals surface area contributed by atoms with Crippen LogP contribution in [0.25, 0.3) is 0 Å². The molecule has 23 heavy (non-hydrogen) atoms. The Morgan fingerprint density at radius 2 is 1.70 bits per heavy atom. The zero-order valence-electron chi connectivity index (χ0n) is 14.4. The van der Waals surface area contributed by atoms with E-state index in [0.717, 1.165) is 18.4 Å². The van der Waals surface area contributed by atoms with Gasteiger partial charge in [0.25, 0.3) is 0 Å². The van der Waals surface area contributed by atoms with E-state index >= 15 is 0 Å². The first-order valence-corrected chi connectivity index (χ1v) is 9.54. The van der Waals surface area contributed by atoms with E-state index in [1.54, 1.807) is 24.3 Å². The first-order chi connectivity index (χ1) is 10.7. The monoisotopic (exact) mass is 340 g/mol. The standard InChI is InChI=1S/C17H28N2O3S/c1-13(2)5-6-14(3)19-17(20)12-9-15-7-10-16(11-8-15)23(21,22)18-4/h7-8,10-11,13-14,18H,5-6,9,12H2,1-4H3,(H,19,20). The van der Waals surface area contributed by atoms with E-state index in [0.29, 0.717) is 18.8 Å². The van der Waals surface area contributed by atoms with Gasteiger partial charge in [-0.15, -0.1) is 0 Å². The average molecular weight is 340 g/mol. The van der Waals surface area contributed by atoms with Gasteiger partial charge >= 0.3 is 0 Å². The van der Waals surface area contributed by atoms with Gasteiger partial charge in [0.15, 0.2) is 0 Å². The number of aryl methyl sites for hydroxylation is 1. The Morgan fingerprint density at radius 3 is 2.22 bits per heavy atom. The molecular weight excluding hydrogens is 312 g/mol. The summed E-state index contributed by atoms with van der Waals surface area (Å²) in [7, 11) is -2.02. The summed E-state index contributed by atoms with van der Waals surface area (Å²) < 4.78 is 25.5. The molecule has 0 fully saturated rings. The van der Waals surface area contributed by atoms with Gasteiger partial charge in [0.2, 0.25) is 15.9 Å². The van der Waals surface area contributed by atoms with E-state index in [1.807, 2.05) is 6.92 Å². The summed E-state index contributed by atoms with van der Waals surface area (Å²) in [6.45, 7) is 6.37. The SMILES string of the molecule is CNS(=O)(=O)c1ccc(CCC(=O)NC(C)CCC(C)C)cc1. The second kappa shape index (κ2) is 9.03. The van der Waals surface area contributed by atoms with Gasteiger partial charge in [-0.25, -0.2) is 13.1 Å². The fourth-order valence-electron chi connectivity index (χ4n) is 2.21. The Hall–Kier alpha value is -1.40. The summed E-state index contributed by atoms with van der Waals surface area (Å²) in [5, 5.41) is 3.01. The fraction of sp³-hybridized carbons (Fsp3) is 0.588. The largest absolute Gasteiger partial charge is 0.354 e. The summed E-state index contributed by atoms with van der Waals surface area (Å²) in [5.41, 5.74) is 0.949. The van der Waals surface area contributed by atoms with E-state index in [2.05, 4.69) is 23.9 Å². The molecule has 0 aliphatic carbocycles. The van der Waals surface area contributed by atoms with Crippen LogP contribution in [0.4, 0.5) is 0 Å². The maximum Gasteiger partial charge on any atom is 0.240 e. The van der Waals surface area contributed by atoms with Crippen LogP contribution < -0.4 is 10.0 Å². The molecule has 0 aliphatic rings. The van der Waals surface area contributed by atoms with Gasteiger partial charge in [-0.1, -0.05) is 26.0 Å². The maximum atomic E-state index is 11.9. The van der Waals surface area contributed by atoms with Gasteiger partial charge in [-0.05, 0) is 56.8 Å². The van der Waals surface area contributed by atoms with Crippen LogP contribution in [-0.2, 0) is 21.2 Å². The highest BCUT2D eigenvalue weighted by molar-refractivity contribution is 7.89. The first kappa shape index (κ1) is 19.6. The van der Waals surface area contributed by atoms with Crippen LogP contribution in [0.2, 0.25) is 0 Å². The van der Waals surface area contributed by atoms with Crippen molar-refractivity contribution in [1.82, 2.24) is 10.0 Å². The molecule has 1 unspecified atom stereocenters. The molecule has 1 amide bonds. The van der Waals surface area contributed by atoms with Crippen molar-refractivity contribution < 1.29 is 13.2 Å². The smallest absolute Gasteiger partial charge is 0.240 e. The highest BCUT2D eigenvalue weighted by atomic mass is 32.2. The summed E-state index contributed by atoms with van der Waals surface area (Å²) >= 11 is 0. The Morgan fingerprint density at radius 1 is 1.09 bits per heavy atom. The molecule has 1 rings (SSSR count). The molecule has 0 radical (unpaired) electrons. The van der Waals surface area contributed by atoms with Crippen LogP contribution in [-0.4, -0.2) is 27.4 Å². The Kier molecular flexibility index (Phi) is 7.72. The zero-order chi connectivity index (χ0) is 17.5. The highest BCUT2D eigenvalue weighted by Gasteiger charge is 2.11. The molecule has 6 heteroatoms. The quantitative estimate of drug-likeness (QED) is 0.725. The van der Waals surface area contributed by atoms with Crippen molar-refractivity contribution in [2.45, 2.75) is 57.4 Å². The Bertz CT molecular complexity index is 595. The number of amides is 1. The van der Waals surface area contributed by atoms with E-state index in [9.17, 15) is 13.2 Å². The van der Waals surface area contributed by atoms with E-state index in [4.69, 9.17) is 0 Å². The third kappa shape index (κ3) is 7.14. The molecule has 0 saturated heterocycles. The summed E-state index contributed by atoms with van der Waals surface area (Å²) in [6, 6.07) is 6.81. The third-order valence-corrected chi connectivity index (χ3v) is 5.16. The lowest BCUT2D eigenvalue weighted by Crippen LogP contribution is -2.32. The van der Waals surface area contributed by atoms with Gasteiger partial charge in [0, 0.05) is 12.5 Å². The molecule has 0 aromatic heterocycles. The van der Waals surface area contributed by atoms with E-state index in [-0.39, 0.29) is 16.8 Å². The minimum Gasteiger partial charge on any atom is -0.354 e. The summed E-state index contributed by atoms with van der Waals surface area (Å²) in [4.78, 5) is 12.2. The number of carbonyl (C=O) groups is 1. The lowest BCUT2D eigenvalue weighted by molar-refractivity contribution is -0.121. The van der Waals surface area contributed by atoms with Crippen molar-refractivity contribution in [3.05, 3.63) is 29.8 Å². The highest BCUT2D eigenvalue weighted by Crippen LogP contribution is 2.12. The van der Waals surface area contributed by atoms with Gasteiger partial charge in [-0.2, -0.15) is 0 Å². The predicted octanol–water partition coefficient (Wildman–Crippen LogP) is 2.47. The molecule has 2 N–H and O–H groups in total. The van der Waals surface area contributed by atoms with Gasteiger partial charge in [0.1, 0.15) is 0 Å². The second-order valence-electron chi connectivity index (χ2n) is 6.29.